The zero-order chi connectivity index (χ0) is 20.9. The minimum absolute atomic E-state index is 0.0820. The van der Waals surface area contributed by atoms with Gasteiger partial charge < -0.3 is 18.8 Å². The Morgan fingerprint density at radius 1 is 1.13 bits per heavy atom. The molecule has 0 radical (unpaired) electrons. The van der Waals surface area contributed by atoms with Gasteiger partial charge in [-0.1, -0.05) is 0 Å². The molecule has 2 aliphatic rings. The van der Waals surface area contributed by atoms with Crippen molar-refractivity contribution in [2.45, 2.75) is 29.8 Å². The van der Waals surface area contributed by atoms with E-state index in [4.69, 9.17) is 8.83 Å². The minimum Gasteiger partial charge on any atom is -0.472 e. The number of aryl methyl sites for hydroxylation is 1. The highest BCUT2D eigenvalue weighted by Gasteiger charge is 2.38. The minimum atomic E-state index is -3.92. The first-order valence-corrected chi connectivity index (χ1v) is 11.1. The molecule has 4 heterocycles. The molecule has 2 N–H and O–H groups in total. The number of anilines is 1. The number of nitrogens with zero attached hydrogens (tertiary/aromatic N) is 1. The summed E-state index contributed by atoms with van der Waals surface area (Å²) in [5.74, 6) is 0.281. The van der Waals surface area contributed by atoms with Crippen LogP contribution in [0.1, 0.15) is 28.9 Å². The van der Waals surface area contributed by atoms with Gasteiger partial charge in [0.05, 0.1) is 35.9 Å². The van der Waals surface area contributed by atoms with Crippen LogP contribution < -0.4 is 9.62 Å². The zero-order valence-corrected chi connectivity index (χ0v) is 16.8. The first-order valence-electron chi connectivity index (χ1n) is 9.63. The van der Waals surface area contributed by atoms with Crippen molar-refractivity contribution in [1.82, 2.24) is 4.72 Å². The van der Waals surface area contributed by atoms with E-state index in [-0.39, 0.29) is 23.1 Å². The Morgan fingerprint density at radius 2 is 1.93 bits per heavy atom. The summed E-state index contributed by atoms with van der Waals surface area (Å²) in [6, 6.07) is 7.99. The number of amides is 1. The van der Waals surface area contributed by atoms with Crippen LogP contribution in [0.2, 0.25) is 0 Å². The second-order valence-corrected chi connectivity index (χ2v) is 9.33. The molecule has 2 aliphatic heterocycles. The van der Waals surface area contributed by atoms with Gasteiger partial charge in [0.25, 0.3) is 0 Å². The highest BCUT2D eigenvalue weighted by Crippen LogP contribution is 2.38. The lowest BCUT2D eigenvalue weighted by molar-refractivity contribution is -0.118. The van der Waals surface area contributed by atoms with Crippen LogP contribution in [0, 0.1) is 0 Å². The molecule has 5 rings (SSSR count). The first-order chi connectivity index (χ1) is 14.4. The third-order valence-electron chi connectivity index (χ3n) is 5.78. The van der Waals surface area contributed by atoms with Gasteiger partial charge in [0, 0.05) is 18.5 Å². The number of nitrogens with one attached hydrogen (secondary N) is 1. The van der Waals surface area contributed by atoms with Gasteiger partial charge in [0.15, 0.2) is 5.60 Å². The fourth-order valence-corrected chi connectivity index (χ4v) is 5.37. The van der Waals surface area contributed by atoms with E-state index in [0.29, 0.717) is 31.4 Å². The normalized spacial score (nSPS) is 17.8. The maximum atomic E-state index is 13.1. The van der Waals surface area contributed by atoms with Gasteiger partial charge >= 0.3 is 0 Å². The lowest BCUT2D eigenvalue weighted by atomic mass is 9.94. The number of hydrogen-bond donors (Lipinski definition) is 2. The Bertz CT molecular complexity index is 1160. The number of hydrogen-bond acceptors (Lipinski definition) is 6. The summed E-state index contributed by atoms with van der Waals surface area (Å²) in [6.45, 7) is 0.246. The third-order valence-corrected chi connectivity index (χ3v) is 7.16. The van der Waals surface area contributed by atoms with Crippen molar-refractivity contribution in [3.05, 3.63) is 71.6 Å². The van der Waals surface area contributed by atoms with Crippen LogP contribution in [0.15, 0.2) is 62.9 Å². The standard InChI is InChI=1S/C21H20N2O6S/c24-19-4-3-14-10-17(11-15-5-7-23(19)20(14)15)30(26,27)22-13-21(25,16-6-9-28-12-16)18-2-1-8-29-18/h1-2,6,8-12,22,25H,3-5,7,13H2. The Kier molecular flexibility index (Phi) is 4.35. The average Bonchev–Trinajstić information content (AvgIpc) is 3.50. The number of sulfonamides is 1. The summed E-state index contributed by atoms with van der Waals surface area (Å²) in [7, 11) is -3.92. The van der Waals surface area contributed by atoms with Crippen molar-refractivity contribution in [3.63, 3.8) is 0 Å². The summed E-state index contributed by atoms with van der Waals surface area (Å²) in [5, 5.41) is 11.2. The van der Waals surface area contributed by atoms with Crippen LogP contribution in [0.3, 0.4) is 0 Å². The molecule has 3 aromatic rings. The topological polar surface area (TPSA) is 113 Å². The molecule has 0 aliphatic carbocycles. The number of carbonyl (C=O) groups is 1. The molecule has 0 fully saturated rings. The maximum absolute atomic E-state index is 13.1. The van der Waals surface area contributed by atoms with Crippen molar-refractivity contribution in [2.24, 2.45) is 0 Å². The molecular formula is C21H20N2O6S. The van der Waals surface area contributed by atoms with Crippen LogP contribution >= 0.6 is 0 Å². The van der Waals surface area contributed by atoms with Crippen molar-refractivity contribution >= 4 is 21.6 Å². The average molecular weight is 428 g/mol. The van der Waals surface area contributed by atoms with Gasteiger partial charge in [0.1, 0.15) is 5.76 Å². The van der Waals surface area contributed by atoms with Crippen molar-refractivity contribution in [3.8, 4) is 0 Å². The maximum Gasteiger partial charge on any atom is 0.240 e. The van der Waals surface area contributed by atoms with Gasteiger partial charge in [-0.2, -0.15) is 0 Å². The molecule has 156 valence electrons. The van der Waals surface area contributed by atoms with E-state index >= 15 is 0 Å². The zero-order valence-electron chi connectivity index (χ0n) is 16.0. The van der Waals surface area contributed by atoms with Gasteiger partial charge in [-0.3, -0.25) is 4.79 Å². The van der Waals surface area contributed by atoms with Gasteiger partial charge in [-0.05, 0) is 54.3 Å². The largest absolute Gasteiger partial charge is 0.472 e. The second kappa shape index (κ2) is 6.83. The lowest BCUT2D eigenvalue weighted by Crippen LogP contribution is -2.41. The Morgan fingerprint density at radius 3 is 2.63 bits per heavy atom. The van der Waals surface area contributed by atoms with E-state index in [1.807, 2.05) is 0 Å². The molecule has 0 spiro atoms. The summed E-state index contributed by atoms with van der Waals surface area (Å²) in [5.41, 5.74) is 1.23. The Balaban J connectivity index is 1.46. The van der Waals surface area contributed by atoms with Crippen LogP contribution in [0.5, 0.6) is 0 Å². The van der Waals surface area contributed by atoms with Crippen molar-refractivity contribution < 1.29 is 27.2 Å². The number of furan rings is 2. The monoisotopic (exact) mass is 428 g/mol. The fraction of sp³-hybridized carbons (Fsp3) is 0.286. The van der Waals surface area contributed by atoms with Crippen LogP contribution in [0.4, 0.5) is 5.69 Å². The summed E-state index contributed by atoms with van der Waals surface area (Å²) in [6.07, 6.45) is 5.68. The second-order valence-electron chi connectivity index (χ2n) is 7.56. The van der Waals surface area contributed by atoms with E-state index < -0.39 is 15.6 Å². The van der Waals surface area contributed by atoms with Gasteiger partial charge in [0.2, 0.25) is 15.9 Å². The molecule has 1 unspecified atom stereocenters. The quantitative estimate of drug-likeness (QED) is 0.620. The molecule has 1 aromatic carbocycles. The lowest BCUT2D eigenvalue weighted by Gasteiger charge is -2.27. The van der Waals surface area contributed by atoms with Crippen molar-refractivity contribution in [1.29, 1.82) is 0 Å². The first kappa shape index (κ1) is 19.1. The Labute approximate surface area is 173 Å². The molecule has 30 heavy (non-hydrogen) atoms. The smallest absolute Gasteiger partial charge is 0.240 e. The number of benzene rings is 1. The summed E-state index contributed by atoms with van der Waals surface area (Å²) < 4.78 is 39.1. The van der Waals surface area contributed by atoms with E-state index in [1.165, 1.54) is 18.8 Å². The SMILES string of the molecule is O=C1CCc2cc(S(=O)(=O)NCC(O)(c3ccoc3)c3ccco3)cc3c2N1CC3. The molecule has 0 bridgehead atoms. The van der Waals surface area contributed by atoms with Crippen LogP contribution in [-0.2, 0) is 33.3 Å². The van der Waals surface area contributed by atoms with E-state index in [2.05, 4.69) is 4.72 Å². The third kappa shape index (κ3) is 2.97. The molecule has 2 aromatic heterocycles. The van der Waals surface area contributed by atoms with Gasteiger partial charge in [-0.15, -0.1) is 0 Å². The predicted octanol–water partition coefficient (Wildman–Crippen LogP) is 1.92. The summed E-state index contributed by atoms with van der Waals surface area (Å²) in [4.78, 5) is 14.0. The predicted molar refractivity (Wildman–Crippen MR) is 106 cm³/mol. The highest BCUT2D eigenvalue weighted by atomic mass is 32.2. The highest BCUT2D eigenvalue weighted by molar-refractivity contribution is 7.89. The van der Waals surface area contributed by atoms with Crippen LogP contribution in [-0.4, -0.2) is 32.5 Å². The van der Waals surface area contributed by atoms with E-state index in [9.17, 15) is 18.3 Å². The number of aliphatic hydroxyl groups is 1. The van der Waals surface area contributed by atoms with E-state index in [0.717, 1.165) is 16.8 Å². The molecule has 8 nitrogen and oxygen atoms in total. The number of rotatable bonds is 6. The molecule has 0 saturated heterocycles. The van der Waals surface area contributed by atoms with Gasteiger partial charge in [-0.25, -0.2) is 13.1 Å². The van der Waals surface area contributed by atoms with Crippen molar-refractivity contribution in [2.75, 3.05) is 18.0 Å². The van der Waals surface area contributed by atoms with Crippen LogP contribution in [0.25, 0.3) is 0 Å². The summed E-state index contributed by atoms with van der Waals surface area (Å²) >= 11 is 0. The molecule has 0 saturated carbocycles. The fourth-order valence-electron chi connectivity index (χ4n) is 4.21. The molecule has 9 heteroatoms. The number of carbonyl (C=O) groups excluding carboxylic acids is 1. The molecular weight excluding hydrogens is 408 g/mol. The Hall–Kier alpha value is -2.88. The molecule has 1 atom stereocenters. The van der Waals surface area contributed by atoms with E-state index in [1.54, 1.807) is 35.2 Å². The molecule has 1 amide bonds.